The molecule has 0 saturated heterocycles. The molecule has 1 saturated carbocycles. The van der Waals surface area contributed by atoms with Crippen LogP contribution in [0.2, 0.25) is 0 Å². The van der Waals surface area contributed by atoms with Crippen LogP contribution in [-0.2, 0) is 16.1 Å². The van der Waals surface area contributed by atoms with Crippen LogP contribution in [0.25, 0.3) is 0 Å². The molecule has 5 rings (SSSR count). The minimum Gasteiger partial charge on any atom is -0.496 e. The molecule has 2 amide bonds. The quantitative estimate of drug-likeness (QED) is 0.771. The Morgan fingerprint density at radius 3 is 2.83 bits per heavy atom. The van der Waals surface area contributed by atoms with Gasteiger partial charge in [0.25, 0.3) is 11.8 Å². The van der Waals surface area contributed by atoms with Gasteiger partial charge in [-0.3, -0.25) is 19.6 Å². The van der Waals surface area contributed by atoms with E-state index in [0.717, 1.165) is 24.1 Å². The van der Waals surface area contributed by atoms with E-state index in [1.165, 1.54) is 24.1 Å². The smallest absolute Gasteiger partial charge is 0.279 e. The number of amides is 2. The molecule has 1 aromatic heterocycles. The lowest BCUT2D eigenvalue weighted by Gasteiger charge is -2.28. The summed E-state index contributed by atoms with van der Waals surface area (Å²) in [5.74, 6) is -1.60. The van der Waals surface area contributed by atoms with E-state index in [0.29, 0.717) is 25.3 Å². The first-order chi connectivity index (χ1) is 14.4. The summed E-state index contributed by atoms with van der Waals surface area (Å²) in [6, 6.07) is 0. The van der Waals surface area contributed by atoms with E-state index in [-0.39, 0.29) is 28.3 Å². The third-order valence-electron chi connectivity index (χ3n) is 6.12. The third kappa shape index (κ3) is 2.52. The molecule has 1 aliphatic carbocycles. The second kappa shape index (κ2) is 6.28. The fourth-order valence-electron chi connectivity index (χ4n) is 4.39. The first-order valence-corrected chi connectivity index (χ1v) is 9.82. The van der Waals surface area contributed by atoms with Gasteiger partial charge in [0.05, 0.1) is 23.2 Å². The van der Waals surface area contributed by atoms with E-state index >= 15 is 0 Å². The molecular weight excluding hydrogens is 391 g/mol. The van der Waals surface area contributed by atoms with E-state index in [2.05, 4.69) is 15.4 Å². The Balaban J connectivity index is 1.54. The summed E-state index contributed by atoms with van der Waals surface area (Å²) >= 11 is 0. The number of allylic oxidation sites excluding steroid dienone is 1. The molecule has 3 aliphatic heterocycles. The number of nitrogens with one attached hydrogen (secondary N) is 1. The molecule has 1 fully saturated rings. The first-order valence-electron chi connectivity index (χ1n) is 9.82. The van der Waals surface area contributed by atoms with Crippen LogP contribution in [0.5, 0.6) is 0 Å². The van der Waals surface area contributed by atoms with Gasteiger partial charge in [0, 0.05) is 30.3 Å². The van der Waals surface area contributed by atoms with Crippen molar-refractivity contribution in [2.75, 3.05) is 13.2 Å². The lowest BCUT2D eigenvalue weighted by Crippen LogP contribution is -2.45. The number of nitrogens with zero attached hydrogens (tertiary/aromatic N) is 4. The maximum atomic E-state index is 14.5. The molecular formula is C20H21FN6O3. The molecule has 4 heterocycles. The van der Waals surface area contributed by atoms with E-state index in [9.17, 15) is 14.0 Å². The standard InChI is InChI=1S/C20H21FN6O3/c1-3-27-16(14(21)10(2)25-27)18(29)24-19-23-6-11-12(17(22)28)7-30-8-13-15(11)26(19)9-20(13)4-5-20/h6-7H,3-5,8-9H2,1-2H3,(H2,22,28)(H,23,24,29). The number of hydrogen-bond acceptors (Lipinski definition) is 6. The number of rotatable bonds is 3. The van der Waals surface area contributed by atoms with Crippen molar-refractivity contribution in [3.8, 4) is 0 Å². The number of guanidine groups is 1. The lowest BCUT2D eigenvalue weighted by atomic mass is 9.95. The highest BCUT2D eigenvalue weighted by atomic mass is 19.1. The minimum absolute atomic E-state index is 0.0573. The topological polar surface area (TPSA) is 115 Å². The van der Waals surface area contributed by atoms with Gasteiger partial charge in [-0.25, -0.2) is 9.38 Å². The highest BCUT2D eigenvalue weighted by Crippen LogP contribution is 2.59. The lowest BCUT2D eigenvalue weighted by molar-refractivity contribution is -0.114. The first kappa shape index (κ1) is 18.6. The van der Waals surface area contributed by atoms with Crippen molar-refractivity contribution in [3.63, 3.8) is 0 Å². The van der Waals surface area contributed by atoms with Crippen molar-refractivity contribution >= 4 is 17.8 Å². The second-order valence-corrected chi connectivity index (χ2v) is 7.91. The molecule has 0 atom stereocenters. The molecule has 0 radical (unpaired) electrons. The highest BCUT2D eigenvalue weighted by molar-refractivity contribution is 6.07. The maximum absolute atomic E-state index is 14.5. The van der Waals surface area contributed by atoms with Gasteiger partial charge in [-0.05, 0) is 32.3 Å². The zero-order chi connectivity index (χ0) is 21.2. The number of aliphatic imine (C=N–C) groups is 1. The normalized spacial score (nSPS) is 20.8. The summed E-state index contributed by atoms with van der Waals surface area (Å²) in [5, 5.41) is 6.80. The van der Waals surface area contributed by atoms with Gasteiger partial charge in [-0.15, -0.1) is 0 Å². The summed E-state index contributed by atoms with van der Waals surface area (Å²) in [7, 11) is 0. The van der Waals surface area contributed by atoms with Gasteiger partial charge in [-0.1, -0.05) is 0 Å². The van der Waals surface area contributed by atoms with Crippen LogP contribution < -0.4 is 11.1 Å². The van der Waals surface area contributed by atoms with Crippen LogP contribution in [0.3, 0.4) is 0 Å². The minimum atomic E-state index is -0.649. The molecule has 0 aromatic carbocycles. The average Bonchev–Trinajstić information content (AvgIpc) is 3.37. The summed E-state index contributed by atoms with van der Waals surface area (Å²) < 4.78 is 21.4. The van der Waals surface area contributed by atoms with Gasteiger partial charge in [0.2, 0.25) is 5.96 Å². The number of carbonyl (C=O) groups is 2. The predicted octanol–water partition coefficient (Wildman–Crippen LogP) is 1.08. The van der Waals surface area contributed by atoms with Gasteiger partial charge >= 0.3 is 0 Å². The molecule has 9 nitrogen and oxygen atoms in total. The van der Waals surface area contributed by atoms with E-state index in [1.54, 1.807) is 6.92 Å². The van der Waals surface area contributed by atoms with E-state index < -0.39 is 17.6 Å². The van der Waals surface area contributed by atoms with Gasteiger partial charge in [0.15, 0.2) is 11.5 Å². The van der Waals surface area contributed by atoms with Gasteiger partial charge < -0.3 is 15.4 Å². The van der Waals surface area contributed by atoms with Crippen molar-refractivity contribution in [2.45, 2.75) is 33.2 Å². The molecule has 0 unspecified atom stereocenters. The Morgan fingerprint density at radius 1 is 1.40 bits per heavy atom. The molecule has 10 heteroatoms. The Kier molecular flexibility index (Phi) is 3.89. The van der Waals surface area contributed by atoms with E-state index in [4.69, 9.17) is 10.5 Å². The number of halogens is 1. The zero-order valence-electron chi connectivity index (χ0n) is 16.7. The Morgan fingerprint density at radius 2 is 2.17 bits per heavy atom. The van der Waals surface area contributed by atoms with Crippen molar-refractivity contribution in [3.05, 3.63) is 52.1 Å². The molecule has 3 N–H and O–H groups in total. The van der Waals surface area contributed by atoms with Crippen molar-refractivity contribution < 1.29 is 18.7 Å². The monoisotopic (exact) mass is 412 g/mol. The fraction of sp³-hybridized carbons (Fsp3) is 0.400. The number of nitrogens with two attached hydrogens (primary N) is 1. The van der Waals surface area contributed by atoms with Crippen LogP contribution in [0.1, 0.15) is 35.9 Å². The Hall–Kier alpha value is -3.43. The van der Waals surface area contributed by atoms with Crippen LogP contribution >= 0.6 is 0 Å². The molecule has 0 bridgehead atoms. The van der Waals surface area contributed by atoms with E-state index in [1.807, 2.05) is 4.90 Å². The van der Waals surface area contributed by atoms with Gasteiger partial charge in [0.1, 0.15) is 6.61 Å². The van der Waals surface area contributed by atoms with Crippen LogP contribution in [-0.4, -0.2) is 45.6 Å². The second-order valence-electron chi connectivity index (χ2n) is 7.91. The Labute approximate surface area is 171 Å². The molecule has 4 aliphatic rings. The van der Waals surface area contributed by atoms with Crippen molar-refractivity contribution in [1.29, 1.82) is 0 Å². The Bertz CT molecular complexity index is 1120. The zero-order valence-corrected chi connectivity index (χ0v) is 16.7. The number of aromatic nitrogens is 2. The van der Waals surface area contributed by atoms with Crippen molar-refractivity contribution in [2.24, 2.45) is 16.1 Å². The van der Waals surface area contributed by atoms with Gasteiger partial charge in [-0.2, -0.15) is 5.10 Å². The number of primary amides is 1. The summed E-state index contributed by atoms with van der Waals surface area (Å²) in [6.07, 6.45) is 4.86. The van der Waals surface area contributed by atoms with Crippen LogP contribution in [0.4, 0.5) is 4.39 Å². The fourth-order valence-corrected chi connectivity index (χ4v) is 4.39. The number of fused-ring (bicyclic) bond motifs is 1. The SMILES string of the molecule is CCn1nc(C)c(F)c1C(=O)NC1=NC=C2C(C(N)=O)=COCC3=C2N1CC31CC1. The average molecular weight is 412 g/mol. The molecule has 30 heavy (non-hydrogen) atoms. The summed E-state index contributed by atoms with van der Waals surface area (Å²) in [5.41, 5.74) is 8.20. The number of aryl methyl sites for hydroxylation is 2. The number of ether oxygens (including phenoxy) is 1. The summed E-state index contributed by atoms with van der Waals surface area (Å²) in [4.78, 5) is 31.1. The third-order valence-corrected chi connectivity index (χ3v) is 6.12. The predicted molar refractivity (Wildman–Crippen MR) is 104 cm³/mol. The molecule has 1 spiro atoms. The molecule has 156 valence electrons. The van der Waals surface area contributed by atoms with Crippen LogP contribution in [0, 0.1) is 18.2 Å². The molecule has 1 aromatic rings. The largest absolute Gasteiger partial charge is 0.496 e. The number of carbonyl (C=O) groups excluding carboxylic acids is 2. The number of hydrogen-bond donors (Lipinski definition) is 2. The highest BCUT2D eigenvalue weighted by Gasteiger charge is 2.56. The van der Waals surface area contributed by atoms with Crippen molar-refractivity contribution in [1.82, 2.24) is 20.0 Å². The maximum Gasteiger partial charge on any atom is 0.279 e. The van der Waals surface area contributed by atoms with Crippen LogP contribution in [0.15, 0.2) is 39.9 Å². The summed E-state index contributed by atoms with van der Waals surface area (Å²) in [6.45, 7) is 4.61.